The molecule has 1 aliphatic heterocycles. The molecule has 0 saturated carbocycles. The number of nitrogens with zero attached hydrogens (tertiary/aromatic N) is 2. The van der Waals surface area contributed by atoms with Crippen molar-refractivity contribution < 1.29 is 4.79 Å². The van der Waals surface area contributed by atoms with Crippen molar-refractivity contribution in [1.82, 2.24) is 9.97 Å². The van der Waals surface area contributed by atoms with E-state index in [2.05, 4.69) is 15.3 Å². The average Bonchev–Trinajstić information content (AvgIpc) is 2.30. The van der Waals surface area contributed by atoms with E-state index in [9.17, 15) is 4.79 Å². The zero-order valence-electron chi connectivity index (χ0n) is 9.36. The van der Waals surface area contributed by atoms with Gasteiger partial charge in [0.25, 0.3) is 0 Å². The van der Waals surface area contributed by atoms with Gasteiger partial charge in [0.15, 0.2) is 0 Å². The molecule has 1 fully saturated rings. The minimum absolute atomic E-state index is 0.0108. The first kappa shape index (κ1) is 12.6. The lowest BCUT2D eigenvalue weighted by molar-refractivity contribution is -0.117. The Morgan fingerprint density at radius 3 is 3.00 bits per heavy atom. The summed E-state index contributed by atoms with van der Waals surface area (Å²) in [7, 11) is 0. The van der Waals surface area contributed by atoms with Gasteiger partial charge in [0.05, 0.1) is 0 Å². The van der Waals surface area contributed by atoms with E-state index in [-0.39, 0.29) is 11.2 Å². The van der Waals surface area contributed by atoms with Crippen LogP contribution in [0.3, 0.4) is 0 Å². The third-order valence-electron chi connectivity index (χ3n) is 2.71. The first-order valence-corrected chi connectivity index (χ1v) is 7.13. The second-order valence-electron chi connectivity index (χ2n) is 4.02. The van der Waals surface area contributed by atoms with E-state index in [0.717, 1.165) is 24.3 Å². The number of anilines is 1. The van der Waals surface area contributed by atoms with Crippen LogP contribution in [0.4, 0.5) is 5.82 Å². The molecule has 6 heteroatoms. The molecule has 0 unspecified atom stereocenters. The van der Waals surface area contributed by atoms with Crippen molar-refractivity contribution in [1.29, 1.82) is 0 Å². The molecule has 0 aliphatic carbocycles. The summed E-state index contributed by atoms with van der Waals surface area (Å²) in [4.78, 5) is 19.5. The summed E-state index contributed by atoms with van der Waals surface area (Å²) in [6.07, 6.45) is 4.36. The lowest BCUT2D eigenvalue weighted by atomic mass is 9.98. The maximum absolute atomic E-state index is 11.8. The number of halogens is 1. The average molecular weight is 272 g/mol. The number of aromatic nitrogens is 2. The zero-order chi connectivity index (χ0) is 12.1. The minimum Gasteiger partial charge on any atom is -0.311 e. The van der Waals surface area contributed by atoms with Gasteiger partial charge in [0, 0.05) is 12.6 Å². The Morgan fingerprint density at radius 1 is 1.53 bits per heavy atom. The molecule has 0 aromatic carbocycles. The molecule has 1 amide bonds. The van der Waals surface area contributed by atoms with Gasteiger partial charge in [-0.2, -0.15) is 11.8 Å². The molecule has 0 spiro atoms. The summed E-state index contributed by atoms with van der Waals surface area (Å²) < 4.78 is 0. The largest absolute Gasteiger partial charge is 0.311 e. The van der Waals surface area contributed by atoms with Crippen LogP contribution in [0.25, 0.3) is 0 Å². The van der Waals surface area contributed by atoms with Crippen molar-refractivity contribution in [3.05, 3.63) is 17.5 Å². The van der Waals surface area contributed by atoms with Crippen molar-refractivity contribution in [3.63, 3.8) is 0 Å². The summed E-state index contributed by atoms with van der Waals surface area (Å²) in [5.41, 5.74) is 0. The van der Waals surface area contributed by atoms with Gasteiger partial charge in [0.2, 0.25) is 11.2 Å². The molecule has 0 atom stereocenters. The van der Waals surface area contributed by atoms with E-state index in [1.54, 1.807) is 6.07 Å². The summed E-state index contributed by atoms with van der Waals surface area (Å²) in [5, 5.41) is 2.90. The van der Waals surface area contributed by atoms with E-state index >= 15 is 0 Å². The Labute approximate surface area is 110 Å². The molecular weight excluding hydrogens is 258 g/mol. The van der Waals surface area contributed by atoms with E-state index in [4.69, 9.17) is 11.6 Å². The van der Waals surface area contributed by atoms with Crippen molar-refractivity contribution >= 4 is 35.1 Å². The smallest absolute Gasteiger partial charge is 0.225 e. The fourth-order valence-corrected chi connectivity index (χ4v) is 3.16. The standard InChI is InChI=1S/C11H14ClN3OS/c12-11-13-4-1-9(15-11)14-10(16)7-8-2-5-17-6-3-8/h1,4,8H,2-3,5-7H2,(H,13,14,15,16). The molecule has 1 aromatic rings. The molecule has 1 aromatic heterocycles. The topological polar surface area (TPSA) is 54.9 Å². The minimum atomic E-state index is 0.0108. The fraction of sp³-hybridized carbons (Fsp3) is 0.545. The fourth-order valence-electron chi connectivity index (χ4n) is 1.81. The lowest BCUT2D eigenvalue weighted by Gasteiger charge is -2.20. The van der Waals surface area contributed by atoms with Gasteiger partial charge in [-0.25, -0.2) is 9.97 Å². The van der Waals surface area contributed by atoms with Crippen LogP contribution in [0, 0.1) is 5.92 Å². The van der Waals surface area contributed by atoms with E-state index < -0.39 is 0 Å². The van der Waals surface area contributed by atoms with Crippen LogP contribution in [-0.4, -0.2) is 27.4 Å². The van der Waals surface area contributed by atoms with Crippen LogP contribution >= 0.6 is 23.4 Å². The number of nitrogens with one attached hydrogen (secondary N) is 1. The Kier molecular flexibility index (Phi) is 4.62. The Hall–Kier alpha value is -0.810. The first-order valence-electron chi connectivity index (χ1n) is 5.60. The molecule has 17 heavy (non-hydrogen) atoms. The summed E-state index contributed by atoms with van der Waals surface area (Å²) in [6.45, 7) is 0. The van der Waals surface area contributed by atoms with Crippen molar-refractivity contribution in [2.45, 2.75) is 19.3 Å². The van der Waals surface area contributed by atoms with Gasteiger partial charge in [-0.05, 0) is 47.9 Å². The maximum Gasteiger partial charge on any atom is 0.225 e. The second kappa shape index (κ2) is 6.21. The lowest BCUT2D eigenvalue weighted by Crippen LogP contribution is -2.20. The quantitative estimate of drug-likeness (QED) is 0.859. The number of carbonyl (C=O) groups is 1. The summed E-state index contributed by atoms with van der Waals surface area (Å²) in [6, 6.07) is 1.64. The van der Waals surface area contributed by atoms with E-state index in [1.165, 1.54) is 6.20 Å². The van der Waals surface area contributed by atoms with Crippen LogP contribution in [0.2, 0.25) is 5.28 Å². The van der Waals surface area contributed by atoms with E-state index in [1.807, 2.05) is 11.8 Å². The van der Waals surface area contributed by atoms with Crippen LogP contribution in [-0.2, 0) is 4.79 Å². The predicted molar refractivity (Wildman–Crippen MR) is 70.3 cm³/mol. The maximum atomic E-state index is 11.8. The molecule has 2 heterocycles. The van der Waals surface area contributed by atoms with Crippen molar-refractivity contribution in [2.24, 2.45) is 5.92 Å². The normalized spacial score (nSPS) is 16.8. The molecule has 1 saturated heterocycles. The Bertz CT molecular complexity index is 396. The highest BCUT2D eigenvalue weighted by Gasteiger charge is 2.17. The molecule has 1 N–H and O–H groups in total. The molecule has 2 rings (SSSR count). The number of carbonyl (C=O) groups excluding carboxylic acids is 1. The highest BCUT2D eigenvalue weighted by Crippen LogP contribution is 2.25. The monoisotopic (exact) mass is 271 g/mol. The van der Waals surface area contributed by atoms with Crippen molar-refractivity contribution in [2.75, 3.05) is 16.8 Å². The van der Waals surface area contributed by atoms with Gasteiger partial charge < -0.3 is 5.32 Å². The van der Waals surface area contributed by atoms with Gasteiger partial charge >= 0.3 is 0 Å². The van der Waals surface area contributed by atoms with Gasteiger partial charge in [-0.15, -0.1) is 0 Å². The third kappa shape index (κ3) is 4.16. The number of hydrogen-bond donors (Lipinski definition) is 1. The highest BCUT2D eigenvalue weighted by atomic mass is 35.5. The number of hydrogen-bond acceptors (Lipinski definition) is 4. The molecule has 0 radical (unpaired) electrons. The van der Waals surface area contributed by atoms with E-state index in [0.29, 0.717) is 18.2 Å². The summed E-state index contributed by atoms with van der Waals surface area (Å²) >= 11 is 7.61. The first-order chi connectivity index (χ1) is 8.24. The molecule has 1 aliphatic rings. The van der Waals surface area contributed by atoms with Crippen molar-refractivity contribution in [3.8, 4) is 0 Å². The van der Waals surface area contributed by atoms with Crippen LogP contribution in [0.15, 0.2) is 12.3 Å². The Balaban J connectivity index is 1.84. The van der Waals surface area contributed by atoms with Crippen LogP contribution in [0.1, 0.15) is 19.3 Å². The zero-order valence-corrected chi connectivity index (χ0v) is 10.9. The van der Waals surface area contributed by atoms with Gasteiger partial charge in [-0.3, -0.25) is 4.79 Å². The molecule has 4 nitrogen and oxygen atoms in total. The number of rotatable bonds is 3. The van der Waals surface area contributed by atoms with Crippen LogP contribution < -0.4 is 5.32 Å². The number of thioether (sulfide) groups is 1. The van der Waals surface area contributed by atoms with Gasteiger partial charge in [-0.1, -0.05) is 0 Å². The molecule has 92 valence electrons. The SMILES string of the molecule is O=C(CC1CCSCC1)Nc1ccnc(Cl)n1. The second-order valence-corrected chi connectivity index (χ2v) is 5.58. The number of amides is 1. The highest BCUT2D eigenvalue weighted by molar-refractivity contribution is 7.99. The predicted octanol–water partition coefficient (Wildman–Crippen LogP) is 2.60. The Morgan fingerprint density at radius 2 is 2.29 bits per heavy atom. The molecule has 0 bridgehead atoms. The van der Waals surface area contributed by atoms with Gasteiger partial charge in [0.1, 0.15) is 5.82 Å². The third-order valence-corrected chi connectivity index (χ3v) is 3.94. The molecular formula is C11H14ClN3OS. The summed E-state index contributed by atoms with van der Waals surface area (Å²) in [5.74, 6) is 3.32. The van der Waals surface area contributed by atoms with Crippen LogP contribution in [0.5, 0.6) is 0 Å².